The topological polar surface area (TPSA) is 177 Å². The van der Waals surface area contributed by atoms with E-state index in [0.29, 0.717) is 0 Å². The number of phosphoric acid groups is 1. The van der Waals surface area contributed by atoms with Crippen molar-refractivity contribution in [3.63, 3.8) is 0 Å². The maximum atomic E-state index is 11.7. The van der Waals surface area contributed by atoms with Crippen molar-refractivity contribution in [2.75, 3.05) is 6.61 Å². The molecule has 14 heteroatoms. The Bertz CT molecular complexity index is 666. The Labute approximate surface area is 180 Å². The number of nitrogens with zero attached hydrogens (tertiary/aromatic N) is 2. The molecule has 5 atom stereocenters. The first-order chi connectivity index (χ1) is 10.1. The van der Waals surface area contributed by atoms with E-state index >= 15 is 0 Å². The van der Waals surface area contributed by atoms with Gasteiger partial charge in [-0.3, -0.25) is 9.13 Å². The van der Waals surface area contributed by atoms with E-state index in [9.17, 15) is 24.5 Å². The van der Waals surface area contributed by atoms with Gasteiger partial charge in [0.05, 0.1) is 6.61 Å². The van der Waals surface area contributed by atoms with Crippen LogP contribution >= 0.6 is 7.82 Å². The minimum absolute atomic E-state index is 0. The molecule has 0 spiro atoms. The summed E-state index contributed by atoms with van der Waals surface area (Å²) in [6.07, 6.45) is -5.00. The predicted octanol–water partition coefficient (Wildman–Crippen LogP) is -9.27. The van der Waals surface area contributed by atoms with Crippen molar-refractivity contribution in [1.82, 2.24) is 9.55 Å². The minimum atomic E-state index is -5.20. The average molecular weight is 382 g/mol. The van der Waals surface area contributed by atoms with E-state index < -0.39 is 50.5 Å². The fourth-order valence-electron chi connectivity index (χ4n) is 2.11. The molecule has 124 valence electrons. The summed E-state index contributed by atoms with van der Waals surface area (Å²) >= 11 is 0. The van der Waals surface area contributed by atoms with Crippen LogP contribution in [0.25, 0.3) is 0 Å². The number of phosphoric ester groups is 1. The quantitative estimate of drug-likeness (QED) is 0.335. The molecule has 1 unspecified atom stereocenters. The molecule has 11 nitrogen and oxygen atoms in total. The molecule has 2 rings (SSSR count). The first-order valence-electron chi connectivity index (χ1n) is 6.07. The molecular weight excluding hydrogens is 369 g/mol. The number of aromatic nitrogens is 2. The largest absolute Gasteiger partial charge is 1.00 e. The van der Waals surface area contributed by atoms with Crippen molar-refractivity contribution in [2.24, 2.45) is 0 Å². The standard InChI is InChI=1S/C10H15N2O9P.2Na/c1-4-2-12(10(16)11-8(4)15)9-6(14)7(5(3-13)20-9)21-22(17,18)19;;/h2,5-7,9,13-14H,3H2,1H3,(H,11,15,16)(H2,17,18,19);;/q;2*+1/p-2/t5-,6-,7-,9-;;/m1../s1. The fraction of sp³-hybridized carbons (Fsp3) is 0.600. The average Bonchev–Trinajstić information content (AvgIpc) is 2.69. The van der Waals surface area contributed by atoms with Crippen LogP contribution in [-0.2, 0) is 13.8 Å². The molecule has 0 bridgehead atoms. The molecule has 1 aliphatic rings. The van der Waals surface area contributed by atoms with Crippen LogP contribution in [0.3, 0.4) is 0 Å². The molecule has 0 aromatic carbocycles. The molecule has 0 amide bonds. The van der Waals surface area contributed by atoms with Crippen molar-refractivity contribution >= 4 is 7.82 Å². The van der Waals surface area contributed by atoms with Crippen LogP contribution in [-0.4, -0.2) is 49.6 Å². The third-order valence-electron chi connectivity index (χ3n) is 3.11. The Morgan fingerprint density at radius 2 is 2.08 bits per heavy atom. The number of hydrogen-bond acceptors (Lipinski definition) is 9. The van der Waals surface area contributed by atoms with E-state index in [1.807, 2.05) is 0 Å². The molecule has 2 heterocycles. The summed E-state index contributed by atoms with van der Waals surface area (Å²) < 4.78 is 21.0. The van der Waals surface area contributed by atoms with Gasteiger partial charge in [0.2, 0.25) is 0 Å². The number of rotatable bonds is 4. The molecule has 0 aliphatic carbocycles. The molecule has 1 aromatic heterocycles. The van der Waals surface area contributed by atoms with Gasteiger partial charge < -0.3 is 34.4 Å². The van der Waals surface area contributed by atoms with Gasteiger partial charge in [0, 0.05) is 6.20 Å². The van der Waals surface area contributed by atoms with Crippen molar-refractivity contribution in [3.8, 4) is 5.88 Å². The van der Waals surface area contributed by atoms with E-state index in [2.05, 4.69) is 9.51 Å². The van der Waals surface area contributed by atoms with Gasteiger partial charge in [-0.25, -0.2) is 9.78 Å². The number of aliphatic hydroxyl groups is 2. The van der Waals surface area contributed by atoms with Gasteiger partial charge >= 0.3 is 64.8 Å². The second-order valence-corrected chi connectivity index (χ2v) is 5.84. The summed E-state index contributed by atoms with van der Waals surface area (Å²) in [4.78, 5) is 34.4. The summed E-state index contributed by atoms with van der Waals surface area (Å²) in [5.41, 5.74) is -0.928. The van der Waals surface area contributed by atoms with E-state index in [0.717, 1.165) is 10.8 Å². The second-order valence-electron chi connectivity index (χ2n) is 4.70. The van der Waals surface area contributed by atoms with Crippen LogP contribution in [0.4, 0.5) is 0 Å². The Hall–Kier alpha value is 0.670. The number of ether oxygens (including phenoxy) is 1. The zero-order chi connectivity index (χ0) is 16.7. The van der Waals surface area contributed by atoms with Gasteiger partial charge in [0.1, 0.15) is 18.3 Å². The van der Waals surface area contributed by atoms with Gasteiger partial charge in [0.15, 0.2) is 6.23 Å². The Morgan fingerprint density at radius 1 is 1.50 bits per heavy atom. The van der Waals surface area contributed by atoms with Gasteiger partial charge in [-0.05, 0) is 18.4 Å². The Morgan fingerprint density at radius 3 is 2.58 bits per heavy atom. The molecule has 0 radical (unpaired) electrons. The molecular formula is C10H13N2Na2O9P. The summed E-state index contributed by atoms with van der Waals surface area (Å²) in [5.74, 6) is -0.750. The molecule has 1 aliphatic heterocycles. The SMILES string of the molecule is Cc1cn([C@@H]2O[C@H](CO)[C@@H](OP(=O)([O-])O)[C@H]2O)c(=O)nc1[O-].[Na+].[Na+]. The molecule has 1 fully saturated rings. The fourth-order valence-corrected chi connectivity index (χ4v) is 2.68. The van der Waals surface area contributed by atoms with Gasteiger partial charge in [0.25, 0.3) is 7.82 Å². The molecule has 0 saturated carbocycles. The Kier molecular flexibility index (Phi) is 9.83. The molecule has 1 aromatic rings. The van der Waals surface area contributed by atoms with Crippen molar-refractivity contribution < 1.29 is 98.0 Å². The number of hydrogen-bond donors (Lipinski definition) is 3. The smallest absolute Gasteiger partial charge is 0.858 e. The van der Waals surface area contributed by atoms with E-state index in [1.54, 1.807) is 0 Å². The van der Waals surface area contributed by atoms with E-state index in [1.165, 1.54) is 6.92 Å². The normalized spacial score (nSPS) is 28.5. The first kappa shape index (κ1) is 24.7. The summed E-state index contributed by atoms with van der Waals surface area (Å²) in [6, 6.07) is 0. The predicted molar refractivity (Wildman–Crippen MR) is 64.4 cm³/mol. The zero-order valence-corrected chi connectivity index (χ0v) is 18.1. The van der Waals surface area contributed by atoms with Crippen LogP contribution in [0.2, 0.25) is 0 Å². The molecule has 1 saturated heterocycles. The van der Waals surface area contributed by atoms with E-state index in [4.69, 9.17) is 14.7 Å². The van der Waals surface area contributed by atoms with Crippen molar-refractivity contribution in [2.45, 2.75) is 31.5 Å². The zero-order valence-electron chi connectivity index (χ0n) is 13.2. The van der Waals surface area contributed by atoms with Gasteiger partial charge in [-0.15, -0.1) is 0 Å². The van der Waals surface area contributed by atoms with Crippen LogP contribution in [0.1, 0.15) is 11.8 Å². The minimum Gasteiger partial charge on any atom is -0.858 e. The van der Waals surface area contributed by atoms with Crippen LogP contribution < -0.4 is 74.8 Å². The van der Waals surface area contributed by atoms with Gasteiger partial charge in [-0.2, -0.15) is 0 Å². The van der Waals surface area contributed by atoms with Crippen molar-refractivity contribution in [3.05, 3.63) is 22.2 Å². The monoisotopic (exact) mass is 382 g/mol. The summed E-state index contributed by atoms with van der Waals surface area (Å²) in [7, 11) is -5.20. The van der Waals surface area contributed by atoms with E-state index in [-0.39, 0.29) is 64.7 Å². The third kappa shape index (κ3) is 5.58. The Balaban J connectivity index is 0.00000264. The summed E-state index contributed by atoms with van der Waals surface area (Å²) in [6.45, 7) is 0.642. The second kappa shape index (κ2) is 9.56. The molecule has 3 N–H and O–H groups in total. The maximum absolute atomic E-state index is 11.7. The number of aryl methyl sites for hydroxylation is 1. The summed E-state index contributed by atoms with van der Waals surface area (Å²) in [5, 5.41) is 30.5. The van der Waals surface area contributed by atoms with Crippen LogP contribution in [0.5, 0.6) is 5.88 Å². The van der Waals surface area contributed by atoms with Gasteiger partial charge in [-0.1, -0.05) is 0 Å². The molecule has 24 heavy (non-hydrogen) atoms. The van der Waals surface area contributed by atoms with Crippen molar-refractivity contribution in [1.29, 1.82) is 0 Å². The maximum Gasteiger partial charge on any atom is 1.00 e. The number of aliphatic hydroxyl groups excluding tert-OH is 2. The van der Waals surface area contributed by atoms with Crippen LogP contribution in [0, 0.1) is 6.92 Å². The van der Waals surface area contributed by atoms with Crippen LogP contribution in [0.15, 0.2) is 11.0 Å². The third-order valence-corrected chi connectivity index (χ3v) is 3.62. The first-order valence-corrected chi connectivity index (χ1v) is 7.57.